The Hall–Kier alpha value is -3.66. The van der Waals surface area contributed by atoms with Crippen molar-refractivity contribution in [2.24, 2.45) is 0 Å². The molecule has 1 heterocycles. The number of nitrogens with one attached hydrogen (secondary N) is 1. The van der Waals surface area contributed by atoms with Crippen molar-refractivity contribution in [2.75, 3.05) is 12.1 Å². The number of rotatable bonds is 5. The fraction of sp³-hybridized carbons (Fsp3) is 0.200. The highest BCUT2D eigenvalue weighted by atomic mass is 16.7. The third kappa shape index (κ3) is 3.13. The molecule has 136 valence electrons. The molecule has 0 spiro atoms. The lowest BCUT2D eigenvalue weighted by atomic mass is 10.0. The minimum atomic E-state index is -0.415. The summed E-state index contributed by atoms with van der Waals surface area (Å²) in [7, 11) is 0. The van der Waals surface area contributed by atoms with Gasteiger partial charge in [0.15, 0.2) is 23.0 Å². The summed E-state index contributed by atoms with van der Waals surface area (Å²) in [4.78, 5) is 11.7. The molecule has 0 aromatic heterocycles. The number of nitriles is 1. The summed E-state index contributed by atoms with van der Waals surface area (Å²) in [5.41, 5.74) is 1.05. The van der Waals surface area contributed by atoms with Crippen LogP contribution in [0.15, 0.2) is 36.9 Å². The predicted molar refractivity (Wildman–Crippen MR) is 96.3 cm³/mol. The van der Waals surface area contributed by atoms with Crippen molar-refractivity contribution in [2.45, 2.75) is 18.8 Å². The molecule has 2 N–H and O–H groups in total. The number of anilines is 1. The van der Waals surface area contributed by atoms with Crippen LogP contribution in [0.1, 0.15) is 29.9 Å². The Morgan fingerprint density at radius 1 is 1.37 bits per heavy atom. The second-order valence-corrected chi connectivity index (χ2v) is 6.26. The van der Waals surface area contributed by atoms with Crippen LogP contribution in [-0.4, -0.2) is 17.8 Å². The first-order valence-electron chi connectivity index (χ1n) is 8.41. The van der Waals surface area contributed by atoms with Crippen LogP contribution in [0, 0.1) is 11.3 Å². The first kappa shape index (κ1) is 16.8. The average molecular weight is 364 g/mol. The number of nitrogens with zero attached hydrogens (tertiary/aromatic N) is 1. The number of phenols is 1. The van der Waals surface area contributed by atoms with Crippen LogP contribution in [0.5, 0.6) is 28.7 Å². The van der Waals surface area contributed by atoms with E-state index in [9.17, 15) is 15.2 Å². The maximum atomic E-state index is 11.7. The van der Waals surface area contributed by atoms with E-state index in [1.54, 1.807) is 18.2 Å². The van der Waals surface area contributed by atoms with Crippen LogP contribution in [0.4, 0.5) is 5.69 Å². The zero-order valence-corrected chi connectivity index (χ0v) is 14.3. The Balaban J connectivity index is 1.79. The lowest BCUT2D eigenvalue weighted by Crippen LogP contribution is -2.11. The summed E-state index contributed by atoms with van der Waals surface area (Å²) >= 11 is 0. The number of hydrogen-bond acceptors (Lipinski definition) is 6. The maximum Gasteiger partial charge on any atom is 0.247 e. The molecule has 2 aliphatic rings. The number of ether oxygens (including phenoxy) is 3. The summed E-state index contributed by atoms with van der Waals surface area (Å²) < 4.78 is 16.5. The lowest BCUT2D eigenvalue weighted by molar-refractivity contribution is -0.111. The van der Waals surface area contributed by atoms with Gasteiger partial charge in [-0.2, -0.15) is 5.26 Å². The van der Waals surface area contributed by atoms with Gasteiger partial charge in [-0.05, 0) is 43.0 Å². The van der Waals surface area contributed by atoms with E-state index in [-0.39, 0.29) is 29.8 Å². The molecule has 0 saturated heterocycles. The topological polar surface area (TPSA) is 101 Å². The molecule has 4 rings (SSSR count). The van der Waals surface area contributed by atoms with Gasteiger partial charge in [0.1, 0.15) is 17.4 Å². The molecule has 0 radical (unpaired) electrons. The molecule has 0 atom stereocenters. The molecule has 27 heavy (non-hydrogen) atoms. The van der Waals surface area contributed by atoms with Gasteiger partial charge in [-0.25, -0.2) is 0 Å². The maximum absolute atomic E-state index is 11.7. The van der Waals surface area contributed by atoms with Crippen LogP contribution in [-0.2, 0) is 4.79 Å². The number of benzene rings is 2. The van der Waals surface area contributed by atoms with Crippen molar-refractivity contribution < 1.29 is 24.1 Å². The first-order valence-corrected chi connectivity index (χ1v) is 8.41. The second-order valence-electron chi connectivity index (χ2n) is 6.26. The molecule has 7 nitrogen and oxygen atoms in total. The SMILES string of the molecule is C=CC(=O)Nc1cc(C#N)c(Oc2ccc3cc2OCO3)c(O)c1C1CC1. The van der Waals surface area contributed by atoms with Gasteiger partial charge >= 0.3 is 0 Å². The molecule has 0 unspecified atom stereocenters. The zero-order valence-electron chi connectivity index (χ0n) is 14.3. The summed E-state index contributed by atoms with van der Waals surface area (Å²) in [6.07, 6.45) is 2.91. The van der Waals surface area contributed by atoms with Crippen molar-refractivity contribution >= 4 is 11.6 Å². The third-order valence-corrected chi connectivity index (χ3v) is 4.41. The van der Waals surface area contributed by atoms with E-state index in [0.29, 0.717) is 28.5 Å². The Morgan fingerprint density at radius 3 is 2.89 bits per heavy atom. The molecule has 1 saturated carbocycles. The fourth-order valence-electron chi connectivity index (χ4n) is 2.97. The molecule has 2 aromatic carbocycles. The quantitative estimate of drug-likeness (QED) is 0.783. The molecule has 1 fully saturated rings. The van der Waals surface area contributed by atoms with Crippen molar-refractivity contribution in [3.8, 4) is 34.8 Å². The Bertz CT molecular complexity index is 989. The minimum Gasteiger partial charge on any atom is -0.504 e. The highest BCUT2D eigenvalue weighted by molar-refractivity contribution is 6.00. The molecule has 7 heteroatoms. The lowest BCUT2D eigenvalue weighted by Gasteiger charge is -2.21. The fourth-order valence-corrected chi connectivity index (χ4v) is 2.97. The smallest absolute Gasteiger partial charge is 0.247 e. The second kappa shape index (κ2) is 6.57. The van der Waals surface area contributed by atoms with Crippen molar-refractivity contribution in [1.29, 1.82) is 5.26 Å². The van der Waals surface area contributed by atoms with Crippen LogP contribution in [0.2, 0.25) is 0 Å². The number of carbonyl (C=O) groups is 1. The third-order valence-electron chi connectivity index (χ3n) is 4.41. The average Bonchev–Trinajstić information content (AvgIpc) is 3.50. The first-order chi connectivity index (χ1) is 13.1. The van der Waals surface area contributed by atoms with E-state index in [1.165, 1.54) is 6.07 Å². The molecule has 2 aromatic rings. The van der Waals surface area contributed by atoms with Crippen molar-refractivity contribution in [3.63, 3.8) is 0 Å². The molecule has 1 aliphatic carbocycles. The van der Waals surface area contributed by atoms with Crippen molar-refractivity contribution in [3.05, 3.63) is 48.0 Å². The Kier molecular flexibility index (Phi) is 4.09. The van der Waals surface area contributed by atoms with Gasteiger partial charge in [-0.1, -0.05) is 6.58 Å². The van der Waals surface area contributed by atoms with E-state index >= 15 is 0 Å². The van der Waals surface area contributed by atoms with E-state index in [0.717, 1.165) is 18.9 Å². The highest BCUT2D eigenvalue weighted by Crippen LogP contribution is 2.53. The van der Waals surface area contributed by atoms with E-state index in [2.05, 4.69) is 11.9 Å². The number of hydrogen-bond donors (Lipinski definition) is 2. The van der Waals surface area contributed by atoms with Crippen LogP contribution in [0.3, 0.4) is 0 Å². The zero-order chi connectivity index (χ0) is 19.0. The number of amides is 1. The summed E-state index contributed by atoms with van der Waals surface area (Å²) in [6, 6.07) is 8.55. The van der Waals surface area contributed by atoms with Gasteiger partial charge in [0, 0.05) is 17.3 Å². The molecule has 2 bridgehead atoms. The largest absolute Gasteiger partial charge is 0.504 e. The summed E-state index contributed by atoms with van der Waals surface area (Å²) in [5, 5.41) is 23.1. The number of fused-ring (bicyclic) bond motifs is 2. The van der Waals surface area contributed by atoms with Crippen LogP contribution < -0.4 is 19.5 Å². The number of aromatic hydroxyl groups is 1. The molecular formula is C20H16N2O5. The molecule has 1 amide bonds. The van der Waals surface area contributed by atoms with Crippen LogP contribution in [0.25, 0.3) is 0 Å². The highest BCUT2D eigenvalue weighted by Gasteiger charge is 2.33. The van der Waals surface area contributed by atoms with Gasteiger partial charge in [-0.15, -0.1) is 0 Å². The normalized spacial score (nSPS) is 14.3. The Morgan fingerprint density at radius 2 is 2.19 bits per heavy atom. The van der Waals surface area contributed by atoms with Crippen molar-refractivity contribution in [1.82, 2.24) is 0 Å². The van der Waals surface area contributed by atoms with E-state index in [4.69, 9.17) is 14.2 Å². The standard InChI is InChI=1S/C20H16N2O5/c1-2-17(23)22-14-7-12(9-21)20(19(24)18(14)11-3-4-11)27-15-6-5-13-8-16(15)26-10-25-13/h2,5-8,11,24H,1,3-4,10H2,(H,22,23). The predicted octanol–water partition coefficient (Wildman–Crippen LogP) is 3.79. The van der Waals surface area contributed by atoms with Gasteiger partial charge < -0.3 is 24.6 Å². The van der Waals surface area contributed by atoms with E-state index < -0.39 is 5.91 Å². The van der Waals surface area contributed by atoms with E-state index in [1.807, 2.05) is 6.07 Å². The number of phenolic OH excluding ortho intramolecular Hbond substituents is 1. The van der Waals surface area contributed by atoms with Gasteiger partial charge in [0.25, 0.3) is 0 Å². The molecular weight excluding hydrogens is 348 g/mol. The van der Waals surface area contributed by atoms with Gasteiger partial charge in [0.2, 0.25) is 12.7 Å². The van der Waals surface area contributed by atoms with Gasteiger partial charge in [0.05, 0.1) is 0 Å². The van der Waals surface area contributed by atoms with Gasteiger partial charge in [-0.3, -0.25) is 4.79 Å². The number of carbonyl (C=O) groups excluding carboxylic acids is 1. The molecule has 1 aliphatic heterocycles. The summed E-state index contributed by atoms with van der Waals surface area (Å²) in [5.74, 6) is 1.04. The van der Waals surface area contributed by atoms with Crippen LogP contribution >= 0.6 is 0 Å². The Labute approximate surface area is 155 Å². The monoisotopic (exact) mass is 364 g/mol. The summed E-state index contributed by atoms with van der Waals surface area (Å²) in [6.45, 7) is 3.49. The minimum absolute atomic E-state index is 0.0371.